The molecule has 1 fully saturated rings. The van der Waals surface area contributed by atoms with Crippen molar-refractivity contribution in [2.24, 2.45) is 0 Å². The number of amides is 1. The Bertz CT molecular complexity index is 782. The molecule has 6 heteroatoms. The summed E-state index contributed by atoms with van der Waals surface area (Å²) >= 11 is 5.83. The Morgan fingerprint density at radius 1 is 1.11 bits per heavy atom. The summed E-state index contributed by atoms with van der Waals surface area (Å²) in [6.07, 6.45) is 3.83. The lowest BCUT2D eigenvalue weighted by Gasteiger charge is -2.32. The molecule has 142 valence electrons. The van der Waals surface area contributed by atoms with E-state index in [2.05, 4.69) is 4.98 Å². The Balaban J connectivity index is 1.42. The number of carbonyl (C=O) groups is 2. The lowest BCUT2D eigenvalue weighted by atomic mass is 10.0. The van der Waals surface area contributed by atoms with E-state index < -0.39 is 0 Å². The largest absolute Gasteiger partial charge is 0.489 e. The predicted molar refractivity (Wildman–Crippen MR) is 104 cm³/mol. The molecule has 0 spiro atoms. The highest BCUT2D eigenvalue weighted by molar-refractivity contribution is 6.30. The van der Waals surface area contributed by atoms with Gasteiger partial charge in [0.05, 0.1) is 6.20 Å². The summed E-state index contributed by atoms with van der Waals surface area (Å²) in [4.78, 5) is 30.6. The van der Waals surface area contributed by atoms with Gasteiger partial charge in [0, 0.05) is 55.1 Å². The lowest BCUT2D eigenvalue weighted by molar-refractivity contribution is -0.132. The third kappa shape index (κ3) is 5.54. The fourth-order valence-electron chi connectivity index (χ4n) is 3.10. The van der Waals surface area contributed by atoms with Crippen LogP contribution in [0.25, 0.3) is 0 Å². The lowest BCUT2D eigenvalue weighted by Crippen LogP contribution is -2.41. The zero-order valence-electron chi connectivity index (χ0n) is 15.4. The summed E-state index contributed by atoms with van der Waals surface area (Å²) < 4.78 is 5.94. The number of pyridine rings is 1. The van der Waals surface area contributed by atoms with Gasteiger partial charge in [-0.2, -0.15) is 0 Å². The molecule has 5 nitrogen and oxygen atoms in total. The van der Waals surface area contributed by atoms with Gasteiger partial charge in [0.15, 0.2) is 5.78 Å². The molecule has 3 rings (SSSR count). The van der Waals surface area contributed by atoms with Crippen LogP contribution in [0.15, 0.2) is 42.6 Å². The van der Waals surface area contributed by atoms with E-state index in [1.165, 1.54) is 0 Å². The Kier molecular flexibility index (Phi) is 6.45. The Morgan fingerprint density at radius 2 is 1.81 bits per heavy atom. The molecule has 0 bridgehead atoms. The zero-order chi connectivity index (χ0) is 19.2. The second-order valence-electron chi connectivity index (χ2n) is 6.76. The number of aryl methyl sites for hydroxylation is 1. The first-order chi connectivity index (χ1) is 13.0. The van der Waals surface area contributed by atoms with Gasteiger partial charge in [0.1, 0.15) is 11.9 Å². The molecule has 0 radical (unpaired) electrons. The van der Waals surface area contributed by atoms with E-state index in [1.54, 1.807) is 30.5 Å². The summed E-state index contributed by atoms with van der Waals surface area (Å²) in [6, 6.07) is 10.6. The first kappa shape index (κ1) is 19.4. The van der Waals surface area contributed by atoms with Crippen LogP contribution in [0.1, 0.15) is 41.7 Å². The highest BCUT2D eigenvalue weighted by Crippen LogP contribution is 2.19. The third-order valence-corrected chi connectivity index (χ3v) is 4.97. The highest BCUT2D eigenvalue weighted by atomic mass is 35.5. The molecular formula is C21H23ClN2O3. The maximum Gasteiger partial charge on any atom is 0.223 e. The molecule has 1 saturated heterocycles. The van der Waals surface area contributed by atoms with Crippen molar-refractivity contribution in [2.75, 3.05) is 13.1 Å². The molecular weight excluding hydrogens is 364 g/mol. The molecule has 0 unspecified atom stereocenters. The summed E-state index contributed by atoms with van der Waals surface area (Å²) in [5.74, 6) is 0.747. The standard InChI is InChI=1S/C21H23ClN2O3/c1-15-2-7-19(14-23-15)27-18-10-12-24(13-11-18)21(26)9-8-20(25)16-3-5-17(22)6-4-16/h2-7,14,18H,8-13H2,1H3. The van der Waals surface area contributed by atoms with Crippen LogP contribution < -0.4 is 4.74 Å². The van der Waals surface area contributed by atoms with E-state index in [0.29, 0.717) is 23.7 Å². The number of carbonyl (C=O) groups excluding carboxylic acids is 2. The number of rotatable bonds is 6. The van der Waals surface area contributed by atoms with Crippen LogP contribution in [0, 0.1) is 6.92 Å². The molecule has 1 aliphatic heterocycles. The molecule has 0 atom stereocenters. The molecule has 0 saturated carbocycles. The molecule has 2 heterocycles. The fraction of sp³-hybridized carbons (Fsp3) is 0.381. The van der Waals surface area contributed by atoms with E-state index in [1.807, 2.05) is 24.0 Å². The normalized spacial score (nSPS) is 14.8. The quantitative estimate of drug-likeness (QED) is 0.702. The molecule has 1 aliphatic rings. The van der Waals surface area contributed by atoms with Crippen LogP contribution >= 0.6 is 11.6 Å². The van der Waals surface area contributed by atoms with Gasteiger partial charge in [-0.3, -0.25) is 14.6 Å². The molecule has 2 aromatic rings. The zero-order valence-corrected chi connectivity index (χ0v) is 16.1. The summed E-state index contributed by atoms with van der Waals surface area (Å²) in [5, 5.41) is 0.592. The number of piperidine rings is 1. The fourth-order valence-corrected chi connectivity index (χ4v) is 3.22. The van der Waals surface area contributed by atoms with Crippen molar-refractivity contribution in [3.8, 4) is 5.75 Å². The number of Topliss-reactive ketones (excluding diaryl/α,β-unsaturated/α-hetero) is 1. The van der Waals surface area contributed by atoms with Crippen molar-refractivity contribution < 1.29 is 14.3 Å². The SMILES string of the molecule is Cc1ccc(OC2CCN(C(=O)CCC(=O)c3ccc(Cl)cc3)CC2)cn1. The van der Waals surface area contributed by atoms with Gasteiger partial charge in [-0.15, -0.1) is 0 Å². The van der Waals surface area contributed by atoms with Gasteiger partial charge >= 0.3 is 0 Å². The molecule has 0 aliphatic carbocycles. The Morgan fingerprint density at radius 3 is 2.44 bits per heavy atom. The van der Waals surface area contributed by atoms with Crippen molar-refractivity contribution in [1.82, 2.24) is 9.88 Å². The van der Waals surface area contributed by atoms with Gasteiger partial charge in [-0.05, 0) is 43.3 Å². The summed E-state index contributed by atoms with van der Waals surface area (Å²) in [6.45, 7) is 3.24. The predicted octanol–water partition coefficient (Wildman–Crippen LogP) is 4.08. The number of hydrogen-bond acceptors (Lipinski definition) is 4. The monoisotopic (exact) mass is 386 g/mol. The van der Waals surface area contributed by atoms with Crippen LogP contribution in [0.4, 0.5) is 0 Å². The Hall–Kier alpha value is -2.40. The van der Waals surface area contributed by atoms with Crippen molar-refractivity contribution >= 4 is 23.3 Å². The van der Waals surface area contributed by atoms with Crippen molar-refractivity contribution in [3.63, 3.8) is 0 Å². The average Bonchev–Trinajstić information content (AvgIpc) is 2.69. The van der Waals surface area contributed by atoms with E-state index in [0.717, 1.165) is 24.3 Å². The van der Waals surface area contributed by atoms with Gasteiger partial charge in [-0.1, -0.05) is 11.6 Å². The van der Waals surface area contributed by atoms with Crippen LogP contribution in [0.5, 0.6) is 5.75 Å². The number of benzene rings is 1. The van der Waals surface area contributed by atoms with E-state index in [-0.39, 0.29) is 30.6 Å². The maximum atomic E-state index is 12.4. The number of hydrogen-bond donors (Lipinski definition) is 0. The van der Waals surface area contributed by atoms with Crippen LogP contribution in [0.2, 0.25) is 5.02 Å². The number of aromatic nitrogens is 1. The topological polar surface area (TPSA) is 59.5 Å². The van der Waals surface area contributed by atoms with Crippen LogP contribution in [0.3, 0.4) is 0 Å². The van der Waals surface area contributed by atoms with Crippen molar-refractivity contribution in [3.05, 3.63) is 58.9 Å². The second-order valence-corrected chi connectivity index (χ2v) is 7.20. The highest BCUT2D eigenvalue weighted by Gasteiger charge is 2.24. The van der Waals surface area contributed by atoms with E-state index >= 15 is 0 Å². The first-order valence-corrected chi connectivity index (χ1v) is 9.55. The first-order valence-electron chi connectivity index (χ1n) is 9.17. The minimum Gasteiger partial charge on any atom is -0.489 e. The number of ketones is 1. The number of halogens is 1. The van der Waals surface area contributed by atoms with Crippen LogP contribution in [-0.4, -0.2) is 40.8 Å². The van der Waals surface area contributed by atoms with Gasteiger partial charge in [0.25, 0.3) is 0 Å². The third-order valence-electron chi connectivity index (χ3n) is 4.71. The number of nitrogens with zero attached hydrogens (tertiary/aromatic N) is 2. The molecule has 1 aromatic heterocycles. The van der Waals surface area contributed by atoms with Gasteiger partial charge in [0.2, 0.25) is 5.91 Å². The van der Waals surface area contributed by atoms with Gasteiger partial charge in [-0.25, -0.2) is 0 Å². The minimum absolute atomic E-state index is 0.0211. The maximum absolute atomic E-state index is 12.4. The Labute approximate surface area is 164 Å². The number of ether oxygens (including phenoxy) is 1. The van der Waals surface area contributed by atoms with Crippen LogP contribution in [-0.2, 0) is 4.79 Å². The molecule has 1 amide bonds. The number of likely N-dealkylation sites (tertiary alicyclic amines) is 1. The van der Waals surface area contributed by atoms with Crippen molar-refractivity contribution in [1.29, 1.82) is 0 Å². The smallest absolute Gasteiger partial charge is 0.223 e. The molecule has 0 N–H and O–H groups in total. The second kappa shape index (κ2) is 9.00. The summed E-state index contributed by atoms with van der Waals surface area (Å²) in [7, 11) is 0. The minimum atomic E-state index is -0.0369. The summed E-state index contributed by atoms with van der Waals surface area (Å²) in [5.41, 5.74) is 1.54. The molecule has 1 aromatic carbocycles. The van der Waals surface area contributed by atoms with E-state index in [4.69, 9.17) is 16.3 Å². The molecule has 27 heavy (non-hydrogen) atoms. The van der Waals surface area contributed by atoms with Gasteiger partial charge < -0.3 is 9.64 Å². The van der Waals surface area contributed by atoms with Crippen molar-refractivity contribution in [2.45, 2.75) is 38.7 Å². The van der Waals surface area contributed by atoms with E-state index in [9.17, 15) is 9.59 Å². The average molecular weight is 387 g/mol.